The molecule has 0 aromatic carbocycles. The lowest BCUT2D eigenvalue weighted by atomic mass is 9.32. The van der Waals surface area contributed by atoms with Gasteiger partial charge in [-0.2, -0.15) is 0 Å². The Kier molecular flexibility index (Phi) is 4.44. The Morgan fingerprint density at radius 3 is 2.18 bits per heavy atom. The van der Waals surface area contributed by atoms with Crippen LogP contribution in [0, 0.1) is 50.7 Å². The Labute approximate surface area is 201 Å². The van der Waals surface area contributed by atoms with Crippen LogP contribution in [0.5, 0.6) is 0 Å². The maximum Gasteiger partial charge on any atom is 0.338 e. The van der Waals surface area contributed by atoms with Crippen molar-refractivity contribution in [2.75, 3.05) is 0 Å². The Morgan fingerprint density at radius 1 is 0.818 bits per heavy atom. The van der Waals surface area contributed by atoms with Gasteiger partial charge in [0.25, 0.3) is 0 Å². The predicted octanol–water partition coefficient (Wildman–Crippen LogP) is 7.30. The number of carbonyl (C=O) groups excluding carboxylic acids is 1. The van der Waals surface area contributed by atoms with E-state index in [0.717, 1.165) is 5.92 Å². The standard InChI is InChI=1S/C30H46O3/c1-17(2)18-11-14-27(5)19(18)12-15-28(6)21(27)9-10-22-29(28,7)16-13-20-26(3,4)25-32-23(24(31)33-25)30(20,22)8/h17,20-23,25H,9-16H2,1-8H3/t20-,21+,22-,23+,25-,27-,28+,29+,30-/m0/s1. The van der Waals surface area contributed by atoms with Crippen molar-refractivity contribution in [1.29, 1.82) is 0 Å². The van der Waals surface area contributed by atoms with Gasteiger partial charge < -0.3 is 9.47 Å². The number of carbonyl (C=O) groups is 1. The number of ether oxygens (including phenoxy) is 2. The summed E-state index contributed by atoms with van der Waals surface area (Å²) in [4.78, 5) is 13.1. The van der Waals surface area contributed by atoms with Crippen LogP contribution in [-0.4, -0.2) is 18.4 Å². The highest BCUT2D eigenvalue weighted by Crippen LogP contribution is 2.77. The average molecular weight is 455 g/mol. The Balaban J connectivity index is 1.44. The van der Waals surface area contributed by atoms with Crippen molar-refractivity contribution in [2.45, 2.75) is 119 Å². The van der Waals surface area contributed by atoms with Crippen LogP contribution < -0.4 is 0 Å². The maximum atomic E-state index is 13.1. The zero-order chi connectivity index (χ0) is 23.8. The molecule has 0 amide bonds. The van der Waals surface area contributed by atoms with E-state index in [1.165, 1.54) is 51.4 Å². The summed E-state index contributed by atoms with van der Waals surface area (Å²) in [5.41, 5.74) is 4.30. The largest absolute Gasteiger partial charge is 0.433 e. The van der Waals surface area contributed by atoms with Gasteiger partial charge in [-0.3, -0.25) is 0 Å². The number of allylic oxidation sites excluding steroid dienone is 2. The second kappa shape index (κ2) is 6.48. The summed E-state index contributed by atoms with van der Waals surface area (Å²) >= 11 is 0. The molecule has 6 rings (SSSR count). The molecule has 0 spiro atoms. The Morgan fingerprint density at radius 2 is 1.48 bits per heavy atom. The van der Waals surface area contributed by atoms with E-state index in [1.807, 2.05) is 5.57 Å². The molecule has 0 N–H and O–H groups in total. The van der Waals surface area contributed by atoms with Gasteiger partial charge in [-0.15, -0.1) is 0 Å². The number of hydrogen-bond donors (Lipinski definition) is 0. The van der Waals surface area contributed by atoms with Gasteiger partial charge in [0.05, 0.1) is 0 Å². The highest BCUT2D eigenvalue weighted by molar-refractivity contribution is 5.78. The maximum absolute atomic E-state index is 13.1. The molecule has 0 unspecified atom stereocenters. The lowest BCUT2D eigenvalue weighted by Gasteiger charge is -2.72. The van der Waals surface area contributed by atoms with Gasteiger partial charge in [0.1, 0.15) is 0 Å². The van der Waals surface area contributed by atoms with Crippen LogP contribution in [0.15, 0.2) is 11.1 Å². The number of hydrogen-bond acceptors (Lipinski definition) is 3. The van der Waals surface area contributed by atoms with Crippen LogP contribution in [0.4, 0.5) is 0 Å². The summed E-state index contributed by atoms with van der Waals surface area (Å²) in [5, 5.41) is 0. The fourth-order valence-corrected chi connectivity index (χ4v) is 11.4. The van der Waals surface area contributed by atoms with E-state index in [1.54, 1.807) is 5.57 Å². The van der Waals surface area contributed by atoms with Crippen LogP contribution in [-0.2, 0) is 14.3 Å². The molecule has 0 aromatic rings. The van der Waals surface area contributed by atoms with Crippen molar-refractivity contribution in [3.63, 3.8) is 0 Å². The van der Waals surface area contributed by atoms with E-state index in [-0.39, 0.29) is 34.6 Å². The highest BCUT2D eigenvalue weighted by atomic mass is 16.8. The van der Waals surface area contributed by atoms with Crippen LogP contribution >= 0.6 is 0 Å². The lowest BCUT2D eigenvalue weighted by molar-refractivity contribution is -0.294. The van der Waals surface area contributed by atoms with Crippen molar-refractivity contribution in [1.82, 2.24) is 0 Å². The molecule has 184 valence electrons. The molecule has 3 nitrogen and oxygen atoms in total. The first-order chi connectivity index (χ1) is 15.3. The molecule has 2 heterocycles. The first-order valence-corrected chi connectivity index (χ1v) is 13.9. The van der Waals surface area contributed by atoms with E-state index in [9.17, 15) is 4.79 Å². The molecule has 4 aliphatic carbocycles. The topological polar surface area (TPSA) is 35.5 Å². The molecule has 2 saturated heterocycles. The summed E-state index contributed by atoms with van der Waals surface area (Å²) < 4.78 is 12.3. The minimum absolute atomic E-state index is 0.0900. The van der Waals surface area contributed by atoms with Crippen LogP contribution in [0.1, 0.15) is 107 Å². The Bertz CT molecular complexity index is 931. The molecule has 6 aliphatic rings. The summed E-state index contributed by atoms with van der Waals surface area (Å²) in [6, 6.07) is 0. The average Bonchev–Trinajstić information content (AvgIpc) is 3.27. The van der Waals surface area contributed by atoms with Crippen LogP contribution in [0.2, 0.25) is 0 Å². The molecule has 9 atom stereocenters. The van der Waals surface area contributed by atoms with Gasteiger partial charge >= 0.3 is 5.97 Å². The molecule has 0 radical (unpaired) electrons. The third-order valence-electron chi connectivity index (χ3n) is 13.2. The van der Waals surface area contributed by atoms with Crippen LogP contribution in [0.25, 0.3) is 0 Å². The van der Waals surface area contributed by atoms with Gasteiger partial charge in [0.15, 0.2) is 6.10 Å². The second-order valence-corrected chi connectivity index (χ2v) is 14.7. The van der Waals surface area contributed by atoms with Gasteiger partial charge in [-0.1, -0.05) is 66.5 Å². The van der Waals surface area contributed by atoms with Gasteiger partial charge in [0.2, 0.25) is 6.29 Å². The van der Waals surface area contributed by atoms with E-state index in [0.29, 0.717) is 28.6 Å². The number of fused-ring (bicyclic) bond motifs is 10. The van der Waals surface area contributed by atoms with Crippen LogP contribution in [0.3, 0.4) is 0 Å². The third-order valence-corrected chi connectivity index (χ3v) is 13.2. The van der Waals surface area contributed by atoms with E-state index in [2.05, 4.69) is 55.4 Å². The van der Waals surface area contributed by atoms with E-state index < -0.39 is 0 Å². The quantitative estimate of drug-likeness (QED) is 0.308. The smallest absolute Gasteiger partial charge is 0.338 e. The molecular weight excluding hydrogens is 408 g/mol. The molecular formula is C30H46O3. The van der Waals surface area contributed by atoms with E-state index >= 15 is 0 Å². The predicted molar refractivity (Wildman–Crippen MR) is 130 cm³/mol. The molecule has 3 heteroatoms. The van der Waals surface area contributed by atoms with Crippen molar-refractivity contribution in [2.24, 2.45) is 50.7 Å². The van der Waals surface area contributed by atoms with Crippen molar-refractivity contribution < 1.29 is 14.3 Å². The summed E-state index contributed by atoms with van der Waals surface area (Å²) in [5.74, 6) is 2.35. The minimum atomic E-state index is -0.376. The van der Waals surface area contributed by atoms with Crippen molar-refractivity contribution in [3.8, 4) is 0 Å². The number of esters is 1. The lowest BCUT2D eigenvalue weighted by Crippen LogP contribution is -2.69. The normalized spacial score (nSPS) is 54.5. The highest BCUT2D eigenvalue weighted by Gasteiger charge is 2.75. The summed E-state index contributed by atoms with van der Waals surface area (Å²) in [6.45, 7) is 19.7. The molecule has 0 aromatic heterocycles. The summed E-state index contributed by atoms with van der Waals surface area (Å²) in [7, 11) is 0. The molecule has 33 heavy (non-hydrogen) atoms. The van der Waals surface area contributed by atoms with E-state index in [4.69, 9.17) is 9.47 Å². The third kappa shape index (κ3) is 2.40. The van der Waals surface area contributed by atoms with Gasteiger partial charge in [-0.05, 0) is 91.3 Å². The van der Waals surface area contributed by atoms with Gasteiger partial charge in [0, 0.05) is 10.8 Å². The first-order valence-electron chi connectivity index (χ1n) is 13.9. The fraction of sp³-hybridized carbons (Fsp3) is 0.900. The monoisotopic (exact) mass is 454 g/mol. The van der Waals surface area contributed by atoms with Crippen molar-refractivity contribution in [3.05, 3.63) is 11.1 Å². The van der Waals surface area contributed by atoms with Crippen molar-refractivity contribution >= 4 is 5.97 Å². The second-order valence-electron chi connectivity index (χ2n) is 14.7. The molecule has 3 saturated carbocycles. The zero-order valence-electron chi connectivity index (χ0n) is 22.3. The first kappa shape index (κ1) is 22.6. The SMILES string of the molecule is CC(C)C1=C2CC[C@]3(C)[C@H](CC[C@@H]4[C@@]5(C)[C@@H]6O[C@@H](OC6=O)C(C)(C)[C@@H]5CC[C@]43C)[C@@]2(C)CC1. The molecule has 5 fully saturated rings. The zero-order valence-corrected chi connectivity index (χ0v) is 22.3. The summed E-state index contributed by atoms with van der Waals surface area (Å²) in [6.07, 6.45) is 9.54. The molecule has 2 bridgehead atoms. The number of rotatable bonds is 1. The molecule has 2 aliphatic heterocycles. The van der Waals surface area contributed by atoms with Gasteiger partial charge in [-0.25, -0.2) is 4.79 Å². The Hall–Kier alpha value is -0.830. The fourth-order valence-electron chi connectivity index (χ4n) is 11.4. The minimum Gasteiger partial charge on any atom is -0.433 e.